The van der Waals surface area contributed by atoms with Crippen LogP contribution >= 0.6 is 0 Å². The zero-order valence-corrected chi connectivity index (χ0v) is 18.3. The molecule has 0 aromatic heterocycles. The van der Waals surface area contributed by atoms with Gasteiger partial charge in [0.2, 0.25) is 0 Å². The van der Waals surface area contributed by atoms with E-state index in [1.165, 1.54) is 0 Å². The van der Waals surface area contributed by atoms with Gasteiger partial charge in [0.1, 0.15) is 6.10 Å². The maximum atomic E-state index is 12.6. The van der Waals surface area contributed by atoms with Crippen LogP contribution in [0.2, 0.25) is 18.1 Å². The fourth-order valence-corrected chi connectivity index (χ4v) is 4.81. The van der Waals surface area contributed by atoms with Crippen LogP contribution in [0.15, 0.2) is 29.2 Å². The summed E-state index contributed by atoms with van der Waals surface area (Å²) < 4.78 is 36.6. The lowest BCUT2D eigenvalue weighted by molar-refractivity contribution is -0.0655. The Labute approximate surface area is 159 Å². The normalized spacial score (nSPS) is 22.4. The van der Waals surface area contributed by atoms with E-state index < -0.39 is 24.5 Å². The summed E-state index contributed by atoms with van der Waals surface area (Å²) in [7, 11) is -6.12. The second-order valence-electron chi connectivity index (χ2n) is 8.43. The van der Waals surface area contributed by atoms with E-state index in [0.717, 1.165) is 18.4 Å². The van der Waals surface area contributed by atoms with Gasteiger partial charge in [-0.05, 0) is 62.9 Å². The highest BCUT2D eigenvalue weighted by Crippen LogP contribution is 2.41. The molecule has 1 aliphatic rings. The minimum atomic E-state index is -3.81. The minimum Gasteiger partial charge on any atom is -0.432 e. The monoisotopic (exact) mass is 400 g/mol. The molecule has 2 atom stereocenters. The molecule has 1 heterocycles. The van der Waals surface area contributed by atoms with Crippen molar-refractivity contribution in [3.05, 3.63) is 29.8 Å². The molecule has 0 radical (unpaired) electrons. The number of benzene rings is 1. The van der Waals surface area contributed by atoms with Crippen molar-refractivity contribution in [1.82, 2.24) is 0 Å². The van der Waals surface area contributed by atoms with Crippen molar-refractivity contribution in [2.75, 3.05) is 6.61 Å². The number of ether oxygens (including phenoxy) is 1. The van der Waals surface area contributed by atoms with Gasteiger partial charge < -0.3 is 9.53 Å². The number of rotatable bonds is 7. The molecule has 0 aliphatic carbocycles. The highest BCUT2D eigenvalue weighted by molar-refractivity contribution is 7.86. The molecule has 1 fully saturated rings. The molecular weight excluding hydrogens is 368 g/mol. The van der Waals surface area contributed by atoms with Gasteiger partial charge in [0.25, 0.3) is 10.1 Å². The van der Waals surface area contributed by atoms with E-state index in [9.17, 15) is 13.2 Å². The molecule has 5 nitrogen and oxygen atoms in total. The van der Waals surface area contributed by atoms with Crippen molar-refractivity contribution in [2.45, 2.75) is 81.7 Å². The fraction of sp³-hybridized carbons (Fsp3) is 0.684. The minimum absolute atomic E-state index is 0.172. The van der Waals surface area contributed by atoms with E-state index in [4.69, 9.17) is 8.92 Å². The maximum Gasteiger partial charge on any atom is 0.297 e. The molecule has 1 saturated heterocycles. The van der Waals surface area contributed by atoms with Crippen LogP contribution < -0.4 is 0 Å². The van der Waals surface area contributed by atoms with Crippen LogP contribution in [0.1, 0.15) is 45.1 Å². The van der Waals surface area contributed by atoms with E-state index in [1.54, 1.807) is 24.3 Å². The zero-order chi connectivity index (χ0) is 19.6. The van der Waals surface area contributed by atoms with Gasteiger partial charge in [-0.15, -0.1) is 0 Å². The van der Waals surface area contributed by atoms with Gasteiger partial charge in [0, 0.05) is 6.61 Å². The van der Waals surface area contributed by atoms with E-state index in [2.05, 4.69) is 13.8 Å². The van der Waals surface area contributed by atoms with Gasteiger partial charge >= 0.3 is 0 Å². The summed E-state index contributed by atoms with van der Waals surface area (Å²) in [5.74, 6) is 0. The van der Waals surface area contributed by atoms with Gasteiger partial charge in [-0.2, -0.15) is 8.42 Å². The molecule has 7 heteroatoms. The quantitative estimate of drug-likeness (QED) is 0.553. The number of hydrogen-bond donors (Lipinski definition) is 1. The Morgan fingerprint density at radius 2 is 1.88 bits per heavy atom. The topological polar surface area (TPSA) is 72.8 Å². The average molecular weight is 401 g/mol. The molecule has 0 bridgehead atoms. The fourth-order valence-electron chi connectivity index (χ4n) is 2.92. The smallest absolute Gasteiger partial charge is 0.297 e. The summed E-state index contributed by atoms with van der Waals surface area (Å²) in [6.45, 7) is 10.5. The van der Waals surface area contributed by atoms with E-state index in [1.807, 2.05) is 20.0 Å². The van der Waals surface area contributed by atoms with Crippen molar-refractivity contribution < 1.29 is 22.1 Å². The lowest BCUT2D eigenvalue weighted by Gasteiger charge is -2.38. The molecule has 0 amide bonds. The summed E-state index contributed by atoms with van der Waals surface area (Å²) in [6.07, 6.45) is 2.16. The molecule has 0 spiro atoms. The molecular formula is C19H32O5SSi. The number of aryl methyl sites for hydroxylation is 1. The first-order valence-corrected chi connectivity index (χ1v) is 13.6. The van der Waals surface area contributed by atoms with Crippen molar-refractivity contribution in [2.24, 2.45) is 0 Å². The van der Waals surface area contributed by atoms with Crippen LogP contribution in [0.3, 0.4) is 0 Å². The lowest BCUT2D eigenvalue weighted by atomic mass is 9.97. The van der Waals surface area contributed by atoms with E-state index >= 15 is 0 Å². The van der Waals surface area contributed by atoms with Crippen molar-refractivity contribution in [1.29, 1.82) is 0 Å². The second kappa shape index (κ2) is 8.10. The van der Waals surface area contributed by atoms with Gasteiger partial charge in [-0.1, -0.05) is 31.5 Å². The Bertz CT molecular complexity index is 692. The Morgan fingerprint density at radius 1 is 1.27 bits per heavy atom. The van der Waals surface area contributed by atoms with Crippen LogP contribution in [0, 0.1) is 6.92 Å². The van der Waals surface area contributed by atoms with Gasteiger partial charge in [0.15, 0.2) is 8.32 Å². The Morgan fingerprint density at radius 3 is 2.46 bits per heavy atom. The van der Waals surface area contributed by atoms with Crippen LogP contribution in [0.5, 0.6) is 0 Å². The Balaban J connectivity index is 2.07. The van der Waals surface area contributed by atoms with Crippen LogP contribution in [0.4, 0.5) is 0 Å². The first-order chi connectivity index (χ1) is 11.9. The molecule has 0 unspecified atom stereocenters. The third kappa shape index (κ3) is 5.39. The van der Waals surface area contributed by atoms with Crippen LogP contribution in [0.25, 0.3) is 0 Å². The maximum absolute atomic E-state index is 12.6. The predicted octanol–water partition coefficient (Wildman–Crippen LogP) is 4.01. The van der Waals surface area contributed by atoms with Gasteiger partial charge in [0.05, 0.1) is 11.0 Å². The Kier molecular flexibility index (Phi) is 6.72. The van der Waals surface area contributed by atoms with E-state index in [-0.39, 0.29) is 16.0 Å². The second-order valence-corrected chi connectivity index (χ2v) is 14.5. The van der Waals surface area contributed by atoms with Crippen molar-refractivity contribution in [3.63, 3.8) is 0 Å². The summed E-state index contributed by atoms with van der Waals surface area (Å²) in [4.78, 5) is 10.6. The highest BCUT2D eigenvalue weighted by atomic mass is 32.2. The standard InChI is InChI=1S/C19H32O5SSi/c1-15-8-10-16(11-9-15)25(20,21)24-18-7-6-14-23-17(18)12-13-19(2,3)26(4,5)22/h8-11,17-18,22H,6-7,12-14H2,1-5H3/t17-,18+/m1/s1. The van der Waals surface area contributed by atoms with Crippen molar-refractivity contribution >= 4 is 18.4 Å². The summed E-state index contributed by atoms with van der Waals surface area (Å²) in [6, 6.07) is 6.68. The molecule has 1 aliphatic heterocycles. The molecule has 1 N–H and O–H groups in total. The van der Waals surface area contributed by atoms with E-state index in [0.29, 0.717) is 19.4 Å². The summed E-state index contributed by atoms with van der Waals surface area (Å²) >= 11 is 0. The third-order valence-corrected chi connectivity index (χ3v) is 10.6. The van der Waals surface area contributed by atoms with Gasteiger partial charge in [-0.3, -0.25) is 4.18 Å². The molecule has 0 saturated carbocycles. The number of hydrogen-bond acceptors (Lipinski definition) is 5. The zero-order valence-electron chi connectivity index (χ0n) is 16.5. The molecule has 26 heavy (non-hydrogen) atoms. The molecule has 1 aromatic rings. The lowest BCUT2D eigenvalue weighted by Crippen LogP contribution is -2.42. The van der Waals surface area contributed by atoms with Crippen LogP contribution in [-0.4, -0.2) is 40.3 Å². The first kappa shape index (κ1) is 21.6. The largest absolute Gasteiger partial charge is 0.432 e. The SMILES string of the molecule is Cc1ccc(S(=O)(=O)O[C@H]2CCCO[C@@H]2CCC(C)(C)[Si](C)(C)O)cc1. The summed E-state index contributed by atoms with van der Waals surface area (Å²) in [5.41, 5.74) is 1.00. The first-order valence-electron chi connectivity index (χ1n) is 9.26. The molecule has 2 rings (SSSR count). The molecule has 148 valence electrons. The van der Waals surface area contributed by atoms with Crippen LogP contribution in [-0.2, 0) is 19.0 Å². The van der Waals surface area contributed by atoms with Gasteiger partial charge in [-0.25, -0.2) is 0 Å². The summed E-state index contributed by atoms with van der Waals surface area (Å²) in [5, 5.41) is -0.172. The predicted molar refractivity (Wildman–Crippen MR) is 105 cm³/mol. The highest BCUT2D eigenvalue weighted by Gasteiger charge is 2.40. The molecule has 1 aromatic carbocycles. The average Bonchev–Trinajstić information content (AvgIpc) is 2.53. The third-order valence-electron chi connectivity index (χ3n) is 5.65. The Hall–Kier alpha value is -0.733. The van der Waals surface area contributed by atoms with Crippen molar-refractivity contribution in [3.8, 4) is 0 Å².